The second-order valence-corrected chi connectivity index (χ2v) is 4.73. The predicted octanol–water partition coefficient (Wildman–Crippen LogP) is 0.622. The second kappa shape index (κ2) is 8.66. The number of carbonyl (C=O) groups excluding carboxylic acids is 3. The van der Waals surface area contributed by atoms with Gasteiger partial charge in [0.15, 0.2) is 13.2 Å². The van der Waals surface area contributed by atoms with Crippen molar-refractivity contribution in [1.82, 2.24) is 5.32 Å². The summed E-state index contributed by atoms with van der Waals surface area (Å²) in [5, 5.41) is 2.69. The first-order valence-electron chi connectivity index (χ1n) is 6.90. The van der Waals surface area contributed by atoms with Gasteiger partial charge in [0, 0.05) is 6.04 Å². The van der Waals surface area contributed by atoms with Crippen molar-refractivity contribution in [2.45, 2.75) is 26.3 Å². The van der Waals surface area contributed by atoms with Gasteiger partial charge in [-0.2, -0.15) is 0 Å². The van der Waals surface area contributed by atoms with Gasteiger partial charge in [-0.25, -0.2) is 4.79 Å². The fourth-order valence-electron chi connectivity index (χ4n) is 1.47. The van der Waals surface area contributed by atoms with E-state index in [1.807, 2.05) is 13.8 Å². The third-order valence-electron chi connectivity index (χ3n) is 2.83. The molecule has 2 amide bonds. The summed E-state index contributed by atoms with van der Waals surface area (Å²) in [5.74, 6) is -1.13. The van der Waals surface area contributed by atoms with E-state index in [0.717, 1.165) is 6.42 Å². The normalized spacial score (nSPS) is 11.4. The molecule has 1 aromatic rings. The molecule has 7 heteroatoms. The zero-order valence-electron chi connectivity index (χ0n) is 12.6. The first-order chi connectivity index (χ1) is 10.4. The van der Waals surface area contributed by atoms with Crippen molar-refractivity contribution in [3.8, 4) is 5.75 Å². The highest BCUT2D eigenvalue weighted by Crippen LogP contribution is 2.12. The molecule has 7 nitrogen and oxygen atoms in total. The number of hydrogen-bond donors (Lipinski definition) is 2. The van der Waals surface area contributed by atoms with Crippen LogP contribution in [0.5, 0.6) is 5.75 Å². The van der Waals surface area contributed by atoms with Gasteiger partial charge in [-0.3, -0.25) is 9.59 Å². The molecule has 1 rings (SSSR count). The largest absolute Gasteiger partial charge is 0.484 e. The zero-order valence-corrected chi connectivity index (χ0v) is 12.6. The van der Waals surface area contributed by atoms with Crippen LogP contribution in [0.3, 0.4) is 0 Å². The number of hydrogen-bond acceptors (Lipinski definition) is 5. The van der Waals surface area contributed by atoms with Crippen LogP contribution in [0.15, 0.2) is 24.3 Å². The Morgan fingerprint density at radius 2 is 1.82 bits per heavy atom. The van der Waals surface area contributed by atoms with Crippen molar-refractivity contribution in [2.75, 3.05) is 13.2 Å². The number of amides is 2. The number of rotatable bonds is 8. The molecule has 120 valence electrons. The van der Waals surface area contributed by atoms with E-state index in [1.165, 1.54) is 24.3 Å². The van der Waals surface area contributed by atoms with Crippen molar-refractivity contribution < 1.29 is 23.9 Å². The van der Waals surface area contributed by atoms with E-state index in [0.29, 0.717) is 5.75 Å². The van der Waals surface area contributed by atoms with Gasteiger partial charge < -0.3 is 20.5 Å². The Kier molecular flexibility index (Phi) is 6.88. The molecule has 0 heterocycles. The third-order valence-corrected chi connectivity index (χ3v) is 2.83. The lowest BCUT2D eigenvalue weighted by molar-refractivity contribution is -0.124. The molecule has 0 aliphatic rings. The number of carbonyl (C=O) groups is 3. The van der Waals surface area contributed by atoms with Gasteiger partial charge >= 0.3 is 5.97 Å². The summed E-state index contributed by atoms with van der Waals surface area (Å²) < 4.78 is 9.97. The molecule has 0 saturated heterocycles. The van der Waals surface area contributed by atoms with Gasteiger partial charge in [-0.05, 0) is 37.6 Å². The van der Waals surface area contributed by atoms with Crippen molar-refractivity contribution in [1.29, 1.82) is 0 Å². The monoisotopic (exact) mass is 308 g/mol. The summed E-state index contributed by atoms with van der Waals surface area (Å²) in [6.45, 7) is 3.24. The summed E-state index contributed by atoms with van der Waals surface area (Å²) in [5.41, 5.74) is 5.24. The third kappa shape index (κ3) is 6.25. The minimum atomic E-state index is -0.610. The van der Waals surface area contributed by atoms with Crippen LogP contribution in [-0.2, 0) is 14.3 Å². The summed E-state index contributed by atoms with van der Waals surface area (Å²) in [6.07, 6.45) is 0.798. The molecule has 3 N–H and O–H groups in total. The standard InChI is InChI=1S/C15H20N2O5/c1-3-10(2)17-14(19)9-22-15(20)11-4-6-12(7-5-11)21-8-13(16)18/h4-7,10H,3,8-9H2,1-2H3,(H2,16,18)(H,17,19)/t10-/m1/s1. The first-order valence-corrected chi connectivity index (χ1v) is 6.90. The lowest BCUT2D eigenvalue weighted by Crippen LogP contribution is -2.35. The highest BCUT2D eigenvalue weighted by Gasteiger charge is 2.11. The maximum atomic E-state index is 11.8. The smallest absolute Gasteiger partial charge is 0.338 e. The number of esters is 1. The van der Waals surface area contributed by atoms with Crippen LogP contribution in [0, 0.1) is 0 Å². The maximum absolute atomic E-state index is 11.8. The first kappa shape index (κ1) is 17.5. The summed E-state index contributed by atoms with van der Waals surface area (Å²) in [6, 6.07) is 6.02. The van der Waals surface area contributed by atoms with Gasteiger partial charge in [0.25, 0.3) is 11.8 Å². The Labute approximate surface area is 128 Å². The van der Waals surface area contributed by atoms with E-state index in [9.17, 15) is 14.4 Å². The van der Waals surface area contributed by atoms with Crippen LogP contribution in [0.1, 0.15) is 30.6 Å². The molecule has 22 heavy (non-hydrogen) atoms. The quantitative estimate of drug-likeness (QED) is 0.685. The molecule has 0 aliphatic heterocycles. The van der Waals surface area contributed by atoms with E-state index < -0.39 is 11.9 Å². The number of ether oxygens (including phenoxy) is 2. The minimum Gasteiger partial charge on any atom is -0.484 e. The fourth-order valence-corrected chi connectivity index (χ4v) is 1.47. The minimum absolute atomic E-state index is 0.0351. The SMILES string of the molecule is CC[C@@H](C)NC(=O)COC(=O)c1ccc(OCC(N)=O)cc1. The Morgan fingerprint density at radius 1 is 1.18 bits per heavy atom. The zero-order chi connectivity index (χ0) is 16.5. The Bertz CT molecular complexity index is 527. The molecule has 0 bridgehead atoms. The highest BCUT2D eigenvalue weighted by molar-refractivity contribution is 5.91. The van der Waals surface area contributed by atoms with Gasteiger partial charge in [0.1, 0.15) is 5.75 Å². The number of nitrogens with two attached hydrogens (primary N) is 1. The molecular weight excluding hydrogens is 288 g/mol. The molecule has 1 aromatic carbocycles. The van der Waals surface area contributed by atoms with Crippen LogP contribution < -0.4 is 15.8 Å². The average molecular weight is 308 g/mol. The summed E-state index contributed by atoms with van der Waals surface area (Å²) in [4.78, 5) is 33.8. The molecule has 0 unspecified atom stereocenters. The molecule has 0 aromatic heterocycles. The van der Waals surface area contributed by atoms with Crippen LogP contribution in [-0.4, -0.2) is 37.0 Å². The molecule has 0 radical (unpaired) electrons. The molecule has 1 atom stereocenters. The van der Waals surface area contributed by atoms with Crippen molar-refractivity contribution in [3.63, 3.8) is 0 Å². The van der Waals surface area contributed by atoms with E-state index in [4.69, 9.17) is 15.2 Å². The van der Waals surface area contributed by atoms with Crippen LogP contribution in [0.2, 0.25) is 0 Å². The predicted molar refractivity (Wildman–Crippen MR) is 79.3 cm³/mol. The number of benzene rings is 1. The van der Waals surface area contributed by atoms with Gasteiger partial charge in [0.2, 0.25) is 0 Å². The number of nitrogens with one attached hydrogen (secondary N) is 1. The Balaban J connectivity index is 2.45. The second-order valence-electron chi connectivity index (χ2n) is 4.73. The van der Waals surface area contributed by atoms with Crippen molar-refractivity contribution in [2.24, 2.45) is 5.73 Å². The van der Waals surface area contributed by atoms with E-state index in [2.05, 4.69) is 5.32 Å². The van der Waals surface area contributed by atoms with Gasteiger partial charge in [-0.1, -0.05) is 6.92 Å². The van der Waals surface area contributed by atoms with E-state index >= 15 is 0 Å². The van der Waals surface area contributed by atoms with Crippen LogP contribution in [0.25, 0.3) is 0 Å². The van der Waals surface area contributed by atoms with E-state index in [1.54, 1.807) is 0 Å². The lowest BCUT2D eigenvalue weighted by Gasteiger charge is -2.11. The van der Waals surface area contributed by atoms with Crippen molar-refractivity contribution in [3.05, 3.63) is 29.8 Å². The molecule has 0 fully saturated rings. The highest BCUT2D eigenvalue weighted by atomic mass is 16.5. The van der Waals surface area contributed by atoms with Crippen LogP contribution >= 0.6 is 0 Å². The van der Waals surface area contributed by atoms with Gasteiger partial charge in [0.05, 0.1) is 5.56 Å². The molecular formula is C15H20N2O5. The Hall–Kier alpha value is -2.57. The average Bonchev–Trinajstić information content (AvgIpc) is 2.50. The number of primary amides is 1. The summed E-state index contributed by atoms with van der Waals surface area (Å²) >= 11 is 0. The van der Waals surface area contributed by atoms with Crippen LogP contribution in [0.4, 0.5) is 0 Å². The van der Waals surface area contributed by atoms with E-state index in [-0.39, 0.29) is 30.7 Å². The molecule has 0 spiro atoms. The summed E-state index contributed by atoms with van der Waals surface area (Å²) in [7, 11) is 0. The fraction of sp³-hybridized carbons (Fsp3) is 0.400. The Morgan fingerprint density at radius 3 is 2.36 bits per heavy atom. The maximum Gasteiger partial charge on any atom is 0.338 e. The van der Waals surface area contributed by atoms with Crippen molar-refractivity contribution >= 4 is 17.8 Å². The van der Waals surface area contributed by atoms with Gasteiger partial charge in [-0.15, -0.1) is 0 Å². The molecule has 0 saturated carbocycles. The molecule has 0 aliphatic carbocycles. The lowest BCUT2D eigenvalue weighted by atomic mass is 10.2. The topological polar surface area (TPSA) is 108 Å².